The molecule has 1 fully saturated rings. The van der Waals surface area contributed by atoms with Crippen molar-refractivity contribution in [2.75, 3.05) is 13.1 Å². The Kier molecular flexibility index (Phi) is 4.87. The number of amides is 1. The molecular weight excluding hydrogens is 240 g/mol. The molecule has 0 aliphatic carbocycles. The zero-order chi connectivity index (χ0) is 13.7. The summed E-state index contributed by atoms with van der Waals surface area (Å²) in [6, 6.07) is 4.04. The first-order valence-electron chi connectivity index (χ1n) is 6.82. The minimum Gasteiger partial charge on any atom is -0.370 e. The van der Waals surface area contributed by atoms with E-state index in [9.17, 15) is 4.79 Å². The summed E-state index contributed by atoms with van der Waals surface area (Å²) in [5.41, 5.74) is 13.1. The summed E-state index contributed by atoms with van der Waals surface area (Å²) in [6.07, 6.45) is 4.39. The molecule has 1 aliphatic heterocycles. The number of aromatic nitrogens is 1. The maximum absolute atomic E-state index is 10.9. The van der Waals surface area contributed by atoms with Crippen molar-refractivity contribution in [3.05, 3.63) is 29.6 Å². The first-order chi connectivity index (χ1) is 9.19. The fraction of sp³-hybridized carbons (Fsp3) is 0.571. The monoisotopic (exact) mass is 262 g/mol. The van der Waals surface area contributed by atoms with Crippen LogP contribution in [0.5, 0.6) is 0 Å². The lowest BCUT2D eigenvalue weighted by atomic mass is 9.93. The van der Waals surface area contributed by atoms with E-state index in [1.54, 1.807) is 6.20 Å². The molecule has 2 rings (SSSR count). The lowest BCUT2D eigenvalue weighted by molar-refractivity contribution is -0.119. The van der Waals surface area contributed by atoms with Crippen LogP contribution >= 0.6 is 0 Å². The Balaban J connectivity index is 1.87. The third kappa shape index (κ3) is 4.01. The van der Waals surface area contributed by atoms with Crippen molar-refractivity contribution in [2.24, 2.45) is 17.4 Å². The molecule has 19 heavy (non-hydrogen) atoms. The van der Waals surface area contributed by atoms with Crippen molar-refractivity contribution in [1.29, 1.82) is 0 Å². The molecule has 0 bridgehead atoms. The van der Waals surface area contributed by atoms with Gasteiger partial charge in [0.25, 0.3) is 0 Å². The van der Waals surface area contributed by atoms with Crippen LogP contribution in [-0.4, -0.2) is 28.9 Å². The van der Waals surface area contributed by atoms with Gasteiger partial charge >= 0.3 is 0 Å². The van der Waals surface area contributed by atoms with Crippen LogP contribution in [0, 0.1) is 5.92 Å². The van der Waals surface area contributed by atoms with Gasteiger partial charge in [0.05, 0.1) is 5.69 Å². The van der Waals surface area contributed by atoms with Crippen LogP contribution in [-0.2, 0) is 17.9 Å². The SMILES string of the molecule is NCc1ncccc1CN1CCC(CC(N)=O)CC1. The predicted octanol–water partition coefficient (Wildman–Crippen LogP) is 0.628. The quantitative estimate of drug-likeness (QED) is 0.815. The van der Waals surface area contributed by atoms with Crippen molar-refractivity contribution in [1.82, 2.24) is 9.88 Å². The van der Waals surface area contributed by atoms with Gasteiger partial charge in [0.2, 0.25) is 5.91 Å². The summed E-state index contributed by atoms with van der Waals surface area (Å²) in [7, 11) is 0. The second-order valence-electron chi connectivity index (χ2n) is 5.20. The molecule has 0 aromatic carbocycles. The smallest absolute Gasteiger partial charge is 0.217 e. The van der Waals surface area contributed by atoms with Crippen molar-refractivity contribution in [3.8, 4) is 0 Å². The maximum atomic E-state index is 10.9. The van der Waals surface area contributed by atoms with Gasteiger partial charge in [-0.15, -0.1) is 0 Å². The van der Waals surface area contributed by atoms with Crippen LogP contribution in [0.2, 0.25) is 0 Å². The highest BCUT2D eigenvalue weighted by atomic mass is 16.1. The van der Waals surface area contributed by atoms with Gasteiger partial charge in [0.1, 0.15) is 0 Å². The number of nitrogens with zero attached hydrogens (tertiary/aromatic N) is 2. The van der Waals surface area contributed by atoms with Crippen molar-refractivity contribution in [3.63, 3.8) is 0 Å². The number of primary amides is 1. The average Bonchev–Trinajstić information content (AvgIpc) is 2.41. The molecule has 0 atom stereocenters. The minimum absolute atomic E-state index is 0.184. The summed E-state index contributed by atoms with van der Waals surface area (Å²) in [4.78, 5) is 17.6. The Labute approximate surface area is 114 Å². The fourth-order valence-electron chi connectivity index (χ4n) is 2.67. The van der Waals surface area contributed by atoms with E-state index >= 15 is 0 Å². The van der Waals surface area contributed by atoms with Crippen LogP contribution in [0.1, 0.15) is 30.5 Å². The van der Waals surface area contributed by atoms with Crippen LogP contribution in [0.15, 0.2) is 18.3 Å². The maximum Gasteiger partial charge on any atom is 0.217 e. The molecule has 4 N–H and O–H groups in total. The largest absolute Gasteiger partial charge is 0.370 e. The Bertz CT molecular complexity index is 427. The number of carbonyl (C=O) groups excluding carboxylic acids is 1. The van der Waals surface area contributed by atoms with Crippen LogP contribution in [0.25, 0.3) is 0 Å². The van der Waals surface area contributed by atoms with Crippen LogP contribution in [0.3, 0.4) is 0 Å². The Morgan fingerprint density at radius 2 is 2.16 bits per heavy atom. The van der Waals surface area contributed by atoms with E-state index in [4.69, 9.17) is 11.5 Å². The number of pyridine rings is 1. The van der Waals surface area contributed by atoms with E-state index < -0.39 is 0 Å². The van der Waals surface area contributed by atoms with Gasteiger partial charge < -0.3 is 11.5 Å². The van der Waals surface area contributed by atoms with Gasteiger partial charge in [0.15, 0.2) is 0 Å². The van der Waals surface area contributed by atoms with Crippen LogP contribution in [0.4, 0.5) is 0 Å². The van der Waals surface area contributed by atoms with Gasteiger partial charge in [-0.2, -0.15) is 0 Å². The highest BCUT2D eigenvalue weighted by molar-refractivity contribution is 5.73. The molecule has 5 nitrogen and oxygen atoms in total. The normalized spacial score (nSPS) is 17.5. The van der Waals surface area contributed by atoms with Gasteiger partial charge in [-0.25, -0.2) is 0 Å². The highest BCUT2D eigenvalue weighted by Gasteiger charge is 2.21. The van der Waals surface area contributed by atoms with E-state index in [1.165, 1.54) is 5.56 Å². The summed E-state index contributed by atoms with van der Waals surface area (Å²) in [5.74, 6) is 0.271. The second kappa shape index (κ2) is 6.63. The van der Waals surface area contributed by atoms with Gasteiger partial charge in [-0.05, 0) is 43.5 Å². The molecule has 1 aromatic rings. The molecule has 104 valence electrons. The second-order valence-corrected chi connectivity index (χ2v) is 5.20. The molecule has 1 saturated heterocycles. The first kappa shape index (κ1) is 14.0. The van der Waals surface area contributed by atoms with Crippen molar-refractivity contribution >= 4 is 5.91 Å². The number of hydrogen-bond acceptors (Lipinski definition) is 4. The Morgan fingerprint density at radius 1 is 1.42 bits per heavy atom. The molecule has 1 amide bonds. The molecule has 0 spiro atoms. The van der Waals surface area contributed by atoms with E-state index in [0.717, 1.165) is 38.2 Å². The average molecular weight is 262 g/mol. The number of hydrogen-bond donors (Lipinski definition) is 2. The summed E-state index contributed by atoms with van der Waals surface area (Å²) < 4.78 is 0. The summed E-state index contributed by atoms with van der Waals surface area (Å²) in [5, 5.41) is 0. The van der Waals surface area contributed by atoms with Crippen LogP contribution < -0.4 is 11.5 Å². The zero-order valence-electron chi connectivity index (χ0n) is 11.2. The number of rotatable bonds is 5. The minimum atomic E-state index is -0.184. The zero-order valence-corrected chi connectivity index (χ0v) is 11.2. The molecule has 1 aliphatic rings. The van der Waals surface area contributed by atoms with E-state index in [0.29, 0.717) is 18.9 Å². The lowest BCUT2D eigenvalue weighted by Gasteiger charge is -2.31. The summed E-state index contributed by atoms with van der Waals surface area (Å²) in [6.45, 7) is 3.39. The topological polar surface area (TPSA) is 85.2 Å². The third-order valence-corrected chi connectivity index (χ3v) is 3.77. The molecule has 0 unspecified atom stereocenters. The van der Waals surface area contributed by atoms with E-state index in [-0.39, 0.29) is 5.91 Å². The molecule has 1 aromatic heterocycles. The molecule has 2 heterocycles. The Morgan fingerprint density at radius 3 is 2.79 bits per heavy atom. The highest BCUT2D eigenvalue weighted by Crippen LogP contribution is 2.21. The van der Waals surface area contributed by atoms with E-state index in [2.05, 4.69) is 16.0 Å². The van der Waals surface area contributed by atoms with Gasteiger partial charge in [0, 0.05) is 25.7 Å². The Hall–Kier alpha value is -1.46. The lowest BCUT2D eigenvalue weighted by Crippen LogP contribution is -2.35. The van der Waals surface area contributed by atoms with Crippen molar-refractivity contribution < 1.29 is 4.79 Å². The first-order valence-corrected chi connectivity index (χ1v) is 6.82. The van der Waals surface area contributed by atoms with Gasteiger partial charge in [-0.3, -0.25) is 14.7 Å². The number of piperidine rings is 1. The molecular formula is C14H22N4O. The van der Waals surface area contributed by atoms with E-state index in [1.807, 2.05) is 6.07 Å². The predicted molar refractivity (Wildman–Crippen MR) is 73.9 cm³/mol. The standard InChI is InChI=1S/C14H22N4O/c15-9-13-12(2-1-5-17-13)10-18-6-3-11(4-7-18)8-14(16)19/h1-2,5,11H,3-4,6-10,15H2,(H2,16,19). The molecule has 0 saturated carbocycles. The van der Waals surface area contributed by atoms with Gasteiger partial charge in [-0.1, -0.05) is 6.07 Å². The summed E-state index contributed by atoms with van der Waals surface area (Å²) >= 11 is 0. The third-order valence-electron chi connectivity index (χ3n) is 3.77. The number of nitrogens with two attached hydrogens (primary N) is 2. The van der Waals surface area contributed by atoms with Crippen molar-refractivity contribution in [2.45, 2.75) is 32.4 Å². The number of carbonyl (C=O) groups is 1. The molecule has 5 heteroatoms. The molecule has 0 radical (unpaired) electrons. The number of likely N-dealkylation sites (tertiary alicyclic amines) is 1. The fourth-order valence-corrected chi connectivity index (χ4v) is 2.67.